The molecule has 0 unspecified atom stereocenters. The van der Waals surface area contributed by atoms with Crippen molar-refractivity contribution in [2.24, 2.45) is 0 Å². The third kappa shape index (κ3) is 2.27. The van der Waals surface area contributed by atoms with E-state index in [0.717, 1.165) is 0 Å². The van der Waals surface area contributed by atoms with Crippen LogP contribution in [0.1, 0.15) is 10.4 Å². The van der Waals surface area contributed by atoms with Gasteiger partial charge in [-0.2, -0.15) is 0 Å². The molecular weight excluding hydrogens is 262 g/mol. The summed E-state index contributed by atoms with van der Waals surface area (Å²) in [5, 5.41) is 9.16. The molecule has 6 heteroatoms. The van der Waals surface area contributed by atoms with Gasteiger partial charge in [-0.1, -0.05) is 0 Å². The largest absolute Gasteiger partial charge is 0.493 e. The van der Waals surface area contributed by atoms with Gasteiger partial charge in [0.25, 0.3) is 0 Å². The van der Waals surface area contributed by atoms with E-state index in [1.54, 1.807) is 18.3 Å². The molecule has 0 bridgehead atoms. The molecular formula is C14H15NO5. The molecule has 2 aromatic rings. The molecule has 2 rings (SSSR count). The summed E-state index contributed by atoms with van der Waals surface area (Å²) in [4.78, 5) is 14.0. The van der Waals surface area contributed by atoms with Gasteiger partial charge in [0, 0.05) is 18.0 Å². The first kappa shape index (κ1) is 13.8. The number of methoxy groups -OCH3 is 3. The fraction of sp³-hybridized carbons (Fsp3) is 0.214. The standard InChI is InChI=1S/C14H15NO5/c1-18-11-4-8(5-12(19-2)13(11)20-3)9-6-15-7-10(9)14(16)17/h4-7,15H,1-3H3,(H,16,17). The summed E-state index contributed by atoms with van der Waals surface area (Å²) in [6.07, 6.45) is 3.05. The molecule has 2 N–H and O–H groups in total. The molecule has 0 amide bonds. The van der Waals surface area contributed by atoms with Gasteiger partial charge < -0.3 is 24.3 Å². The van der Waals surface area contributed by atoms with Crippen molar-refractivity contribution >= 4 is 5.97 Å². The Kier molecular flexibility index (Phi) is 3.84. The van der Waals surface area contributed by atoms with Crippen LogP contribution in [0.3, 0.4) is 0 Å². The Bertz CT molecular complexity index is 607. The Morgan fingerprint density at radius 2 is 1.65 bits per heavy atom. The van der Waals surface area contributed by atoms with Crippen LogP contribution in [0.4, 0.5) is 0 Å². The monoisotopic (exact) mass is 277 g/mol. The molecule has 0 aliphatic carbocycles. The normalized spacial score (nSPS) is 10.2. The van der Waals surface area contributed by atoms with Crippen LogP contribution in [0.15, 0.2) is 24.5 Å². The number of carboxylic acids is 1. The van der Waals surface area contributed by atoms with Crippen molar-refractivity contribution in [2.45, 2.75) is 0 Å². The second kappa shape index (κ2) is 5.56. The second-order valence-electron chi connectivity index (χ2n) is 4.00. The summed E-state index contributed by atoms with van der Waals surface area (Å²) in [7, 11) is 4.53. The topological polar surface area (TPSA) is 80.8 Å². The van der Waals surface area contributed by atoms with E-state index in [4.69, 9.17) is 19.3 Å². The minimum Gasteiger partial charge on any atom is -0.493 e. The van der Waals surface area contributed by atoms with Gasteiger partial charge in [0.05, 0.1) is 26.9 Å². The number of nitrogens with one attached hydrogen (secondary N) is 1. The lowest BCUT2D eigenvalue weighted by atomic mass is 10.0. The lowest BCUT2D eigenvalue weighted by Crippen LogP contribution is -1.98. The summed E-state index contributed by atoms with van der Waals surface area (Å²) in [5.41, 5.74) is 1.40. The molecule has 20 heavy (non-hydrogen) atoms. The lowest BCUT2D eigenvalue weighted by molar-refractivity contribution is 0.0698. The number of hydrogen-bond acceptors (Lipinski definition) is 4. The SMILES string of the molecule is COc1cc(-c2c[nH]cc2C(=O)O)cc(OC)c1OC. The fourth-order valence-corrected chi connectivity index (χ4v) is 2.02. The zero-order chi connectivity index (χ0) is 14.7. The number of carbonyl (C=O) groups is 1. The Balaban J connectivity index is 2.63. The number of rotatable bonds is 5. The molecule has 0 radical (unpaired) electrons. The molecule has 106 valence electrons. The maximum absolute atomic E-state index is 11.2. The quantitative estimate of drug-likeness (QED) is 0.877. The third-order valence-electron chi connectivity index (χ3n) is 2.95. The maximum Gasteiger partial charge on any atom is 0.337 e. The molecule has 1 heterocycles. The van der Waals surface area contributed by atoms with Crippen molar-refractivity contribution in [3.05, 3.63) is 30.1 Å². The van der Waals surface area contributed by atoms with Crippen molar-refractivity contribution in [1.82, 2.24) is 4.98 Å². The Labute approximate surface area is 115 Å². The Hall–Kier alpha value is -2.63. The van der Waals surface area contributed by atoms with E-state index in [-0.39, 0.29) is 5.56 Å². The number of aromatic carboxylic acids is 1. The molecule has 0 spiro atoms. The fourth-order valence-electron chi connectivity index (χ4n) is 2.02. The van der Waals surface area contributed by atoms with E-state index in [1.165, 1.54) is 27.5 Å². The van der Waals surface area contributed by atoms with Crippen LogP contribution in [0.25, 0.3) is 11.1 Å². The van der Waals surface area contributed by atoms with Crippen molar-refractivity contribution in [3.63, 3.8) is 0 Å². The van der Waals surface area contributed by atoms with Crippen LogP contribution in [-0.4, -0.2) is 37.4 Å². The third-order valence-corrected chi connectivity index (χ3v) is 2.95. The average Bonchev–Trinajstić information content (AvgIpc) is 2.95. The van der Waals surface area contributed by atoms with E-state index >= 15 is 0 Å². The van der Waals surface area contributed by atoms with E-state index in [9.17, 15) is 4.79 Å². The minimum absolute atomic E-state index is 0.180. The average molecular weight is 277 g/mol. The van der Waals surface area contributed by atoms with Crippen molar-refractivity contribution in [3.8, 4) is 28.4 Å². The van der Waals surface area contributed by atoms with Crippen molar-refractivity contribution < 1.29 is 24.1 Å². The van der Waals surface area contributed by atoms with Gasteiger partial charge in [0.1, 0.15) is 0 Å². The van der Waals surface area contributed by atoms with E-state index in [1.807, 2.05) is 0 Å². The highest BCUT2D eigenvalue weighted by Gasteiger charge is 2.18. The highest BCUT2D eigenvalue weighted by Crippen LogP contribution is 2.41. The maximum atomic E-state index is 11.2. The van der Waals surface area contributed by atoms with E-state index in [0.29, 0.717) is 28.4 Å². The van der Waals surface area contributed by atoms with Crippen LogP contribution in [-0.2, 0) is 0 Å². The van der Waals surface area contributed by atoms with E-state index in [2.05, 4.69) is 4.98 Å². The number of ether oxygens (including phenoxy) is 3. The van der Waals surface area contributed by atoms with Crippen LogP contribution >= 0.6 is 0 Å². The van der Waals surface area contributed by atoms with Gasteiger partial charge >= 0.3 is 5.97 Å². The summed E-state index contributed by atoms with van der Waals surface area (Å²) < 4.78 is 15.7. The first-order valence-corrected chi connectivity index (χ1v) is 5.82. The molecule has 1 aromatic heterocycles. The number of hydrogen-bond donors (Lipinski definition) is 2. The number of aromatic amines is 1. The Morgan fingerprint density at radius 3 is 2.10 bits per heavy atom. The van der Waals surface area contributed by atoms with Gasteiger partial charge in [0.15, 0.2) is 11.5 Å². The molecule has 1 aromatic carbocycles. The van der Waals surface area contributed by atoms with Crippen molar-refractivity contribution in [2.75, 3.05) is 21.3 Å². The molecule has 0 aliphatic heterocycles. The molecule has 6 nitrogen and oxygen atoms in total. The molecule has 0 saturated carbocycles. The smallest absolute Gasteiger partial charge is 0.337 e. The van der Waals surface area contributed by atoms with Gasteiger partial charge in [-0.15, -0.1) is 0 Å². The summed E-state index contributed by atoms with van der Waals surface area (Å²) >= 11 is 0. The highest BCUT2D eigenvalue weighted by atomic mass is 16.5. The number of benzene rings is 1. The number of H-pyrrole nitrogens is 1. The predicted molar refractivity (Wildman–Crippen MR) is 72.8 cm³/mol. The van der Waals surface area contributed by atoms with Gasteiger partial charge in [-0.3, -0.25) is 0 Å². The summed E-state index contributed by atoms with van der Waals surface area (Å²) in [5.74, 6) is 0.403. The second-order valence-corrected chi connectivity index (χ2v) is 4.00. The van der Waals surface area contributed by atoms with Gasteiger partial charge in [-0.05, 0) is 17.7 Å². The molecule has 0 saturated heterocycles. The number of aromatic nitrogens is 1. The van der Waals surface area contributed by atoms with Gasteiger partial charge in [-0.25, -0.2) is 4.79 Å². The van der Waals surface area contributed by atoms with Crippen LogP contribution in [0.2, 0.25) is 0 Å². The zero-order valence-electron chi connectivity index (χ0n) is 11.4. The minimum atomic E-state index is -1.00. The number of carboxylic acid groups (broad SMARTS) is 1. The molecule has 0 atom stereocenters. The van der Waals surface area contributed by atoms with Crippen LogP contribution in [0, 0.1) is 0 Å². The van der Waals surface area contributed by atoms with Crippen molar-refractivity contribution in [1.29, 1.82) is 0 Å². The lowest BCUT2D eigenvalue weighted by Gasteiger charge is -2.14. The summed E-state index contributed by atoms with van der Waals surface area (Å²) in [6.45, 7) is 0. The zero-order valence-corrected chi connectivity index (χ0v) is 11.4. The molecule has 0 fully saturated rings. The first-order valence-electron chi connectivity index (χ1n) is 5.82. The van der Waals surface area contributed by atoms with E-state index < -0.39 is 5.97 Å². The van der Waals surface area contributed by atoms with Crippen LogP contribution in [0.5, 0.6) is 17.2 Å². The molecule has 0 aliphatic rings. The first-order chi connectivity index (χ1) is 9.62. The Morgan fingerprint density at radius 1 is 1.05 bits per heavy atom. The highest BCUT2D eigenvalue weighted by molar-refractivity contribution is 5.96. The van der Waals surface area contributed by atoms with Gasteiger partial charge in [0.2, 0.25) is 5.75 Å². The van der Waals surface area contributed by atoms with Crippen LogP contribution < -0.4 is 14.2 Å². The predicted octanol–water partition coefficient (Wildman–Crippen LogP) is 2.41. The summed E-state index contributed by atoms with van der Waals surface area (Å²) in [6, 6.07) is 3.41.